The molecule has 1 amide bonds. The summed E-state index contributed by atoms with van der Waals surface area (Å²) in [5.74, 6) is -1.04. The molecule has 0 saturated carbocycles. The van der Waals surface area contributed by atoms with Gasteiger partial charge in [-0.2, -0.15) is 13.2 Å². The summed E-state index contributed by atoms with van der Waals surface area (Å²) in [5, 5.41) is 10.7. The summed E-state index contributed by atoms with van der Waals surface area (Å²) >= 11 is 0. The molecule has 2 N–H and O–H groups in total. The lowest BCUT2D eigenvalue weighted by Gasteiger charge is -2.16. The van der Waals surface area contributed by atoms with Crippen LogP contribution in [0.4, 0.5) is 13.2 Å². The molecule has 6 heteroatoms. The van der Waals surface area contributed by atoms with E-state index in [2.05, 4.69) is 5.32 Å². The Morgan fingerprint density at radius 2 is 2.07 bits per heavy atom. The standard InChI is InChI=1S/C8H14F3NO2/c1-2-6(3-4-13)12-7(14)5-8(9,10)11/h6,13H,2-5H2,1H3,(H,12,14). The lowest BCUT2D eigenvalue weighted by molar-refractivity contribution is -0.154. The van der Waals surface area contributed by atoms with Gasteiger partial charge in [0.25, 0.3) is 0 Å². The maximum absolute atomic E-state index is 11.7. The highest BCUT2D eigenvalue weighted by atomic mass is 19.4. The Morgan fingerprint density at radius 3 is 2.43 bits per heavy atom. The summed E-state index contributed by atoms with van der Waals surface area (Å²) in [6, 6.07) is -0.380. The summed E-state index contributed by atoms with van der Waals surface area (Å²) in [6.07, 6.45) is -5.15. The highest BCUT2D eigenvalue weighted by Crippen LogP contribution is 2.19. The van der Waals surface area contributed by atoms with Gasteiger partial charge >= 0.3 is 6.18 Å². The van der Waals surface area contributed by atoms with Crippen LogP contribution in [0.25, 0.3) is 0 Å². The molecule has 0 heterocycles. The average Bonchev–Trinajstić information content (AvgIpc) is 2.00. The van der Waals surface area contributed by atoms with Gasteiger partial charge in [0.05, 0.1) is 0 Å². The van der Waals surface area contributed by atoms with Gasteiger partial charge in [0.1, 0.15) is 6.42 Å². The molecule has 0 bridgehead atoms. The van der Waals surface area contributed by atoms with Crippen LogP contribution in [0.2, 0.25) is 0 Å². The van der Waals surface area contributed by atoms with E-state index in [4.69, 9.17) is 5.11 Å². The fourth-order valence-corrected chi connectivity index (χ4v) is 0.995. The zero-order valence-corrected chi connectivity index (χ0v) is 7.90. The van der Waals surface area contributed by atoms with Crippen LogP contribution in [0.3, 0.4) is 0 Å². The largest absolute Gasteiger partial charge is 0.397 e. The van der Waals surface area contributed by atoms with Gasteiger partial charge in [0, 0.05) is 12.6 Å². The van der Waals surface area contributed by atoms with Crippen molar-refractivity contribution >= 4 is 5.91 Å². The third-order valence-electron chi connectivity index (χ3n) is 1.70. The Morgan fingerprint density at radius 1 is 1.50 bits per heavy atom. The predicted octanol–water partition coefficient (Wildman–Crippen LogP) is 1.22. The molecule has 1 unspecified atom stereocenters. The first-order valence-corrected chi connectivity index (χ1v) is 4.36. The van der Waals surface area contributed by atoms with Crippen molar-refractivity contribution < 1.29 is 23.1 Å². The number of amides is 1. The predicted molar refractivity (Wildman–Crippen MR) is 44.6 cm³/mol. The van der Waals surface area contributed by atoms with Gasteiger partial charge < -0.3 is 10.4 Å². The summed E-state index contributed by atoms with van der Waals surface area (Å²) in [4.78, 5) is 10.8. The maximum Gasteiger partial charge on any atom is 0.397 e. The van der Waals surface area contributed by atoms with Crippen LogP contribution >= 0.6 is 0 Å². The summed E-state index contributed by atoms with van der Waals surface area (Å²) in [7, 11) is 0. The summed E-state index contributed by atoms with van der Waals surface area (Å²) in [5.41, 5.74) is 0. The number of halogens is 3. The van der Waals surface area contributed by atoms with Crippen molar-refractivity contribution in [3.8, 4) is 0 Å². The first-order chi connectivity index (χ1) is 6.39. The number of rotatable bonds is 5. The molecular formula is C8H14F3NO2. The number of hydrogen-bond acceptors (Lipinski definition) is 2. The van der Waals surface area contributed by atoms with E-state index in [-0.39, 0.29) is 19.1 Å². The van der Waals surface area contributed by atoms with Crippen molar-refractivity contribution in [2.75, 3.05) is 6.61 Å². The topological polar surface area (TPSA) is 49.3 Å². The maximum atomic E-state index is 11.7. The van der Waals surface area contributed by atoms with Gasteiger partial charge in [0.15, 0.2) is 0 Å². The lowest BCUT2D eigenvalue weighted by atomic mass is 10.1. The first-order valence-electron chi connectivity index (χ1n) is 4.36. The minimum atomic E-state index is -4.47. The van der Waals surface area contributed by atoms with Crippen LogP contribution in [-0.2, 0) is 4.79 Å². The van der Waals surface area contributed by atoms with Gasteiger partial charge in [-0.05, 0) is 12.8 Å². The molecule has 14 heavy (non-hydrogen) atoms. The van der Waals surface area contributed by atoms with Crippen LogP contribution in [0, 0.1) is 0 Å². The number of carbonyl (C=O) groups excluding carboxylic acids is 1. The van der Waals surface area contributed by atoms with Crippen LogP contribution in [0.15, 0.2) is 0 Å². The van der Waals surface area contributed by atoms with Gasteiger partial charge in [0.2, 0.25) is 5.91 Å². The van der Waals surface area contributed by atoms with Gasteiger partial charge in [-0.3, -0.25) is 4.79 Å². The van der Waals surface area contributed by atoms with E-state index >= 15 is 0 Å². The van der Waals surface area contributed by atoms with Crippen LogP contribution in [0.1, 0.15) is 26.2 Å². The zero-order valence-electron chi connectivity index (χ0n) is 7.90. The molecule has 0 aliphatic rings. The second kappa shape index (κ2) is 5.85. The smallest absolute Gasteiger partial charge is 0.396 e. The zero-order chi connectivity index (χ0) is 11.2. The second-order valence-electron chi connectivity index (χ2n) is 2.98. The number of hydrogen-bond donors (Lipinski definition) is 2. The van der Waals surface area contributed by atoms with Crippen molar-refractivity contribution in [1.82, 2.24) is 5.32 Å². The van der Waals surface area contributed by atoms with E-state index in [9.17, 15) is 18.0 Å². The highest BCUT2D eigenvalue weighted by Gasteiger charge is 2.31. The van der Waals surface area contributed by atoms with Gasteiger partial charge in [-0.25, -0.2) is 0 Å². The van der Waals surface area contributed by atoms with E-state index < -0.39 is 18.5 Å². The molecule has 0 radical (unpaired) electrons. The van der Waals surface area contributed by atoms with E-state index in [0.29, 0.717) is 6.42 Å². The molecule has 0 spiro atoms. The fraction of sp³-hybridized carbons (Fsp3) is 0.875. The monoisotopic (exact) mass is 213 g/mol. The Balaban J connectivity index is 3.91. The molecule has 0 aliphatic carbocycles. The Labute approximate surface area is 80.3 Å². The molecule has 3 nitrogen and oxygen atoms in total. The number of carbonyl (C=O) groups is 1. The molecule has 84 valence electrons. The summed E-state index contributed by atoms with van der Waals surface area (Å²) in [6.45, 7) is 1.58. The number of nitrogens with one attached hydrogen (secondary N) is 1. The highest BCUT2D eigenvalue weighted by molar-refractivity contribution is 5.76. The molecule has 0 aromatic heterocycles. The normalized spacial score (nSPS) is 13.8. The molecule has 1 atom stereocenters. The van der Waals surface area contributed by atoms with Crippen molar-refractivity contribution in [2.24, 2.45) is 0 Å². The molecule has 0 aliphatic heterocycles. The Hall–Kier alpha value is -0.780. The molecular weight excluding hydrogens is 199 g/mol. The first kappa shape index (κ1) is 13.2. The second-order valence-corrected chi connectivity index (χ2v) is 2.98. The van der Waals surface area contributed by atoms with Crippen LogP contribution in [0.5, 0.6) is 0 Å². The average molecular weight is 213 g/mol. The van der Waals surface area contributed by atoms with Gasteiger partial charge in [-0.1, -0.05) is 6.92 Å². The van der Waals surface area contributed by atoms with E-state index in [0.717, 1.165) is 0 Å². The molecule has 0 rings (SSSR count). The number of aliphatic hydroxyl groups excluding tert-OH is 1. The molecule has 0 aromatic carbocycles. The Kier molecular flexibility index (Phi) is 5.52. The van der Waals surface area contributed by atoms with Gasteiger partial charge in [-0.15, -0.1) is 0 Å². The Bertz CT molecular complexity index is 182. The van der Waals surface area contributed by atoms with E-state index in [1.165, 1.54) is 0 Å². The van der Waals surface area contributed by atoms with Crippen molar-refractivity contribution in [1.29, 1.82) is 0 Å². The minimum Gasteiger partial charge on any atom is -0.396 e. The van der Waals surface area contributed by atoms with Crippen molar-refractivity contribution in [2.45, 2.75) is 38.4 Å². The number of aliphatic hydroxyl groups is 1. The third-order valence-corrected chi connectivity index (χ3v) is 1.70. The third kappa shape index (κ3) is 6.71. The lowest BCUT2D eigenvalue weighted by Crippen LogP contribution is -2.37. The number of alkyl halides is 3. The van der Waals surface area contributed by atoms with Crippen LogP contribution < -0.4 is 5.32 Å². The molecule has 0 fully saturated rings. The SMILES string of the molecule is CCC(CCO)NC(=O)CC(F)(F)F. The molecule has 0 saturated heterocycles. The van der Waals surface area contributed by atoms with Crippen molar-refractivity contribution in [3.05, 3.63) is 0 Å². The van der Waals surface area contributed by atoms with Crippen molar-refractivity contribution in [3.63, 3.8) is 0 Å². The minimum absolute atomic E-state index is 0.148. The van der Waals surface area contributed by atoms with E-state index in [1.54, 1.807) is 6.92 Å². The fourth-order valence-electron chi connectivity index (χ4n) is 0.995. The van der Waals surface area contributed by atoms with E-state index in [1.807, 2.05) is 0 Å². The summed E-state index contributed by atoms with van der Waals surface area (Å²) < 4.78 is 35.2. The quantitative estimate of drug-likeness (QED) is 0.721. The van der Waals surface area contributed by atoms with Crippen LogP contribution in [-0.4, -0.2) is 29.8 Å². The molecule has 0 aromatic rings.